The van der Waals surface area contributed by atoms with Crippen molar-refractivity contribution in [2.45, 2.75) is 32.8 Å². The Kier molecular flexibility index (Phi) is 5.20. The standard InChI is InChI=1S/C17H20O4/c1-12(18)20-16-7-3-14(4-8-16)11-15-5-9-17(10-6-15)21-13(2)19/h3-10,12-13,18-19H,11H2,1-2H3. The van der Waals surface area contributed by atoms with Crippen molar-refractivity contribution in [1.82, 2.24) is 0 Å². The zero-order valence-corrected chi connectivity index (χ0v) is 12.2. The maximum Gasteiger partial charge on any atom is 0.194 e. The van der Waals surface area contributed by atoms with Gasteiger partial charge in [-0.05, 0) is 55.7 Å². The van der Waals surface area contributed by atoms with Crippen LogP contribution in [0.2, 0.25) is 0 Å². The van der Waals surface area contributed by atoms with Gasteiger partial charge in [0.15, 0.2) is 12.6 Å². The van der Waals surface area contributed by atoms with Gasteiger partial charge >= 0.3 is 0 Å². The summed E-state index contributed by atoms with van der Waals surface area (Å²) in [6, 6.07) is 15.2. The fourth-order valence-corrected chi connectivity index (χ4v) is 2.00. The zero-order valence-electron chi connectivity index (χ0n) is 12.2. The molecule has 21 heavy (non-hydrogen) atoms. The molecule has 2 rings (SSSR count). The van der Waals surface area contributed by atoms with E-state index in [2.05, 4.69) is 0 Å². The van der Waals surface area contributed by atoms with Crippen LogP contribution in [-0.2, 0) is 6.42 Å². The van der Waals surface area contributed by atoms with Crippen molar-refractivity contribution in [3.63, 3.8) is 0 Å². The zero-order chi connectivity index (χ0) is 15.2. The van der Waals surface area contributed by atoms with E-state index >= 15 is 0 Å². The first-order valence-electron chi connectivity index (χ1n) is 6.90. The molecule has 4 nitrogen and oxygen atoms in total. The fraction of sp³-hybridized carbons (Fsp3) is 0.294. The molecule has 0 amide bonds. The van der Waals surface area contributed by atoms with E-state index in [1.807, 2.05) is 48.5 Å². The molecule has 0 aliphatic heterocycles. The molecule has 2 aromatic carbocycles. The van der Waals surface area contributed by atoms with Gasteiger partial charge in [0, 0.05) is 0 Å². The van der Waals surface area contributed by atoms with Gasteiger partial charge in [0.25, 0.3) is 0 Å². The van der Waals surface area contributed by atoms with Gasteiger partial charge in [-0.1, -0.05) is 24.3 Å². The highest BCUT2D eigenvalue weighted by atomic mass is 16.6. The van der Waals surface area contributed by atoms with Crippen molar-refractivity contribution >= 4 is 0 Å². The molecule has 0 radical (unpaired) electrons. The van der Waals surface area contributed by atoms with Gasteiger partial charge in [0.05, 0.1) is 0 Å². The Hall–Kier alpha value is -2.04. The number of ether oxygens (including phenoxy) is 2. The van der Waals surface area contributed by atoms with E-state index in [0.29, 0.717) is 11.5 Å². The minimum absolute atomic E-state index is 0.648. The highest BCUT2D eigenvalue weighted by Crippen LogP contribution is 2.18. The lowest BCUT2D eigenvalue weighted by Crippen LogP contribution is -2.09. The van der Waals surface area contributed by atoms with Crippen molar-refractivity contribution in [1.29, 1.82) is 0 Å². The Morgan fingerprint density at radius 2 is 1.05 bits per heavy atom. The monoisotopic (exact) mass is 288 g/mol. The van der Waals surface area contributed by atoms with Gasteiger partial charge in [-0.25, -0.2) is 0 Å². The molecule has 0 fully saturated rings. The minimum atomic E-state index is -0.808. The summed E-state index contributed by atoms with van der Waals surface area (Å²) in [7, 11) is 0. The SMILES string of the molecule is CC(O)Oc1ccc(Cc2ccc(OC(C)O)cc2)cc1. The first-order chi connectivity index (χ1) is 10.0. The van der Waals surface area contributed by atoms with Gasteiger partial charge in [-0.2, -0.15) is 0 Å². The van der Waals surface area contributed by atoms with Crippen LogP contribution in [0, 0.1) is 0 Å². The third-order valence-electron chi connectivity index (χ3n) is 2.87. The molecule has 2 unspecified atom stereocenters. The summed E-state index contributed by atoms with van der Waals surface area (Å²) in [5.74, 6) is 1.30. The molecular formula is C17H20O4. The summed E-state index contributed by atoms with van der Waals surface area (Å²) in [5.41, 5.74) is 2.30. The molecule has 4 heteroatoms. The lowest BCUT2D eigenvalue weighted by atomic mass is 10.0. The number of aliphatic hydroxyl groups excluding tert-OH is 2. The second-order valence-corrected chi connectivity index (χ2v) is 4.90. The lowest BCUT2D eigenvalue weighted by molar-refractivity contribution is -0.000873. The predicted octanol–water partition coefficient (Wildman–Crippen LogP) is 2.71. The first kappa shape index (κ1) is 15.4. The average Bonchev–Trinajstić information content (AvgIpc) is 2.42. The maximum absolute atomic E-state index is 9.15. The second-order valence-electron chi connectivity index (χ2n) is 4.90. The largest absolute Gasteiger partial charge is 0.465 e. The lowest BCUT2D eigenvalue weighted by Gasteiger charge is -2.10. The molecule has 0 spiro atoms. The predicted molar refractivity (Wildman–Crippen MR) is 80.3 cm³/mol. The molecular weight excluding hydrogens is 268 g/mol. The van der Waals surface area contributed by atoms with E-state index < -0.39 is 12.6 Å². The third-order valence-corrected chi connectivity index (χ3v) is 2.87. The van der Waals surface area contributed by atoms with Crippen LogP contribution in [0.5, 0.6) is 11.5 Å². The smallest absolute Gasteiger partial charge is 0.194 e. The Labute approximate surface area is 124 Å². The normalized spacial score (nSPS) is 13.5. The molecule has 0 saturated heterocycles. The summed E-state index contributed by atoms with van der Waals surface area (Å²) in [6.07, 6.45) is -0.821. The van der Waals surface area contributed by atoms with Crippen molar-refractivity contribution in [3.8, 4) is 11.5 Å². The molecule has 0 saturated carbocycles. The van der Waals surface area contributed by atoms with Crippen molar-refractivity contribution in [2.75, 3.05) is 0 Å². The highest BCUT2D eigenvalue weighted by Gasteiger charge is 2.02. The van der Waals surface area contributed by atoms with E-state index in [-0.39, 0.29) is 0 Å². The summed E-state index contributed by atoms with van der Waals surface area (Å²) in [6.45, 7) is 3.15. The molecule has 112 valence electrons. The van der Waals surface area contributed by atoms with Crippen LogP contribution in [0.1, 0.15) is 25.0 Å². The first-order valence-corrected chi connectivity index (χ1v) is 6.90. The molecule has 2 atom stereocenters. The van der Waals surface area contributed by atoms with Crippen molar-refractivity contribution in [2.24, 2.45) is 0 Å². The highest BCUT2D eigenvalue weighted by molar-refractivity contribution is 5.34. The van der Waals surface area contributed by atoms with Crippen LogP contribution in [0.25, 0.3) is 0 Å². The van der Waals surface area contributed by atoms with E-state index in [9.17, 15) is 0 Å². The molecule has 0 aliphatic rings. The number of benzene rings is 2. The van der Waals surface area contributed by atoms with Crippen molar-refractivity contribution < 1.29 is 19.7 Å². The molecule has 0 aliphatic carbocycles. The van der Waals surface area contributed by atoms with E-state index in [1.54, 1.807) is 13.8 Å². The van der Waals surface area contributed by atoms with Gasteiger partial charge in [0.1, 0.15) is 11.5 Å². The van der Waals surface area contributed by atoms with Crippen LogP contribution in [0.4, 0.5) is 0 Å². The second kappa shape index (κ2) is 7.11. The van der Waals surface area contributed by atoms with Crippen molar-refractivity contribution in [3.05, 3.63) is 59.7 Å². The number of hydrogen-bond acceptors (Lipinski definition) is 4. The van der Waals surface area contributed by atoms with Gasteiger partial charge < -0.3 is 19.7 Å². The van der Waals surface area contributed by atoms with Gasteiger partial charge in [-0.3, -0.25) is 0 Å². The van der Waals surface area contributed by atoms with Crippen LogP contribution in [0.3, 0.4) is 0 Å². The Bertz CT molecular complexity index is 493. The quantitative estimate of drug-likeness (QED) is 0.802. The van der Waals surface area contributed by atoms with E-state index in [0.717, 1.165) is 17.5 Å². The molecule has 0 bridgehead atoms. The summed E-state index contributed by atoms with van der Waals surface area (Å²) in [5, 5.41) is 18.3. The summed E-state index contributed by atoms with van der Waals surface area (Å²) in [4.78, 5) is 0. The van der Waals surface area contributed by atoms with Crippen LogP contribution < -0.4 is 9.47 Å². The number of hydrogen-bond donors (Lipinski definition) is 2. The minimum Gasteiger partial charge on any atom is -0.465 e. The van der Waals surface area contributed by atoms with Gasteiger partial charge in [-0.15, -0.1) is 0 Å². The average molecular weight is 288 g/mol. The molecule has 2 aromatic rings. The van der Waals surface area contributed by atoms with Crippen LogP contribution in [-0.4, -0.2) is 22.8 Å². The Morgan fingerprint density at radius 1 is 0.714 bits per heavy atom. The topological polar surface area (TPSA) is 58.9 Å². The Balaban J connectivity index is 1.97. The number of aliphatic hydroxyl groups is 2. The Morgan fingerprint density at radius 3 is 1.33 bits per heavy atom. The maximum atomic E-state index is 9.15. The fourth-order valence-electron chi connectivity index (χ4n) is 2.00. The third kappa shape index (κ3) is 5.10. The van der Waals surface area contributed by atoms with Gasteiger partial charge in [0.2, 0.25) is 0 Å². The molecule has 2 N–H and O–H groups in total. The molecule has 0 aromatic heterocycles. The summed E-state index contributed by atoms with van der Waals surface area (Å²) >= 11 is 0. The van der Waals surface area contributed by atoms with Crippen LogP contribution in [0.15, 0.2) is 48.5 Å². The number of rotatable bonds is 6. The molecule has 0 heterocycles. The summed E-state index contributed by atoms with van der Waals surface area (Å²) < 4.78 is 10.4. The van der Waals surface area contributed by atoms with Crippen LogP contribution >= 0.6 is 0 Å². The van der Waals surface area contributed by atoms with E-state index in [1.165, 1.54) is 0 Å². The van der Waals surface area contributed by atoms with E-state index in [4.69, 9.17) is 19.7 Å².